The van der Waals surface area contributed by atoms with Gasteiger partial charge in [0.2, 0.25) is 11.8 Å². The molecule has 5 heteroatoms. The van der Waals surface area contributed by atoms with E-state index in [1.54, 1.807) is 12.3 Å². The van der Waals surface area contributed by atoms with Gasteiger partial charge in [-0.15, -0.1) is 0 Å². The Morgan fingerprint density at radius 1 is 1.05 bits per heavy atom. The van der Waals surface area contributed by atoms with E-state index < -0.39 is 0 Å². The normalized spacial score (nSPS) is 10.2. The molecule has 2 rings (SSSR count). The number of ether oxygens (including phenoxy) is 2. The molecular weight excluding hydrogens is 266 g/mol. The van der Waals surface area contributed by atoms with E-state index in [2.05, 4.69) is 29.1 Å². The number of benzene rings is 1. The van der Waals surface area contributed by atoms with Gasteiger partial charge in [-0.3, -0.25) is 0 Å². The van der Waals surface area contributed by atoms with E-state index in [4.69, 9.17) is 9.47 Å². The van der Waals surface area contributed by atoms with Crippen LogP contribution < -0.4 is 14.8 Å². The van der Waals surface area contributed by atoms with Gasteiger partial charge in [-0.05, 0) is 25.0 Å². The van der Waals surface area contributed by atoms with E-state index in [9.17, 15) is 0 Å². The molecule has 0 saturated heterocycles. The topological polar surface area (TPSA) is 56.3 Å². The van der Waals surface area contributed by atoms with Crippen molar-refractivity contribution in [2.75, 3.05) is 18.5 Å². The maximum absolute atomic E-state index is 5.81. The van der Waals surface area contributed by atoms with Gasteiger partial charge in [0, 0.05) is 18.8 Å². The molecule has 0 atom stereocenters. The number of hydrogen-bond acceptors (Lipinski definition) is 5. The van der Waals surface area contributed by atoms with Crippen LogP contribution in [0.2, 0.25) is 0 Å². The van der Waals surface area contributed by atoms with Gasteiger partial charge in [-0.2, -0.15) is 4.98 Å². The number of nitrogens with one attached hydrogen (secondary N) is 1. The molecule has 0 radical (unpaired) electrons. The van der Waals surface area contributed by atoms with Crippen molar-refractivity contribution < 1.29 is 9.47 Å². The molecule has 0 spiro atoms. The van der Waals surface area contributed by atoms with Crippen molar-refractivity contribution in [1.29, 1.82) is 0 Å². The van der Waals surface area contributed by atoms with Gasteiger partial charge in [0.15, 0.2) is 11.5 Å². The quantitative estimate of drug-likeness (QED) is 0.798. The minimum absolute atomic E-state index is 0.496. The van der Waals surface area contributed by atoms with Crippen LogP contribution in [-0.4, -0.2) is 23.1 Å². The molecule has 0 aliphatic carbocycles. The first kappa shape index (κ1) is 15.1. The first-order valence-electron chi connectivity index (χ1n) is 7.30. The number of para-hydroxylation sites is 2. The minimum Gasteiger partial charge on any atom is -0.490 e. The molecule has 1 aromatic carbocycles. The molecule has 0 bridgehead atoms. The van der Waals surface area contributed by atoms with Crippen molar-refractivity contribution >= 4 is 5.95 Å². The Balaban J connectivity index is 2.10. The molecule has 0 amide bonds. The maximum atomic E-state index is 5.81. The molecule has 0 aliphatic heterocycles. The lowest BCUT2D eigenvalue weighted by molar-refractivity contribution is 0.301. The molecule has 1 N–H and O–H groups in total. The Kier molecular flexibility index (Phi) is 5.82. The molecular formula is C16H21N3O2. The second-order valence-electron chi connectivity index (χ2n) is 4.54. The molecule has 0 fully saturated rings. The van der Waals surface area contributed by atoms with E-state index in [-0.39, 0.29) is 0 Å². The van der Waals surface area contributed by atoms with Crippen LogP contribution in [-0.2, 0) is 0 Å². The van der Waals surface area contributed by atoms with Crippen molar-refractivity contribution in [1.82, 2.24) is 9.97 Å². The highest BCUT2D eigenvalue weighted by atomic mass is 16.5. The maximum Gasteiger partial charge on any atom is 0.225 e. The summed E-state index contributed by atoms with van der Waals surface area (Å²) in [5.41, 5.74) is 0. The highest BCUT2D eigenvalue weighted by Gasteiger charge is 2.07. The Morgan fingerprint density at radius 2 is 1.86 bits per heavy atom. The number of nitrogens with zero attached hydrogens (tertiary/aromatic N) is 2. The lowest BCUT2D eigenvalue weighted by Gasteiger charge is -2.11. The van der Waals surface area contributed by atoms with E-state index in [1.165, 1.54) is 0 Å². The highest BCUT2D eigenvalue weighted by Crippen LogP contribution is 2.30. The summed E-state index contributed by atoms with van der Waals surface area (Å²) < 4.78 is 11.5. The summed E-state index contributed by atoms with van der Waals surface area (Å²) in [5, 5.41) is 3.14. The highest BCUT2D eigenvalue weighted by molar-refractivity contribution is 5.42. The van der Waals surface area contributed by atoms with Gasteiger partial charge < -0.3 is 14.8 Å². The summed E-state index contributed by atoms with van der Waals surface area (Å²) in [6.45, 7) is 5.65. The van der Waals surface area contributed by atoms with Gasteiger partial charge in [-0.1, -0.05) is 26.0 Å². The monoisotopic (exact) mass is 287 g/mol. The molecule has 0 unspecified atom stereocenters. The van der Waals surface area contributed by atoms with Gasteiger partial charge in [0.25, 0.3) is 0 Å². The van der Waals surface area contributed by atoms with Crippen LogP contribution in [0.4, 0.5) is 5.95 Å². The molecule has 1 heterocycles. The van der Waals surface area contributed by atoms with Crippen molar-refractivity contribution in [2.24, 2.45) is 0 Å². The molecule has 2 aromatic rings. The predicted molar refractivity (Wildman–Crippen MR) is 83.1 cm³/mol. The fourth-order valence-electron chi connectivity index (χ4n) is 1.70. The second-order valence-corrected chi connectivity index (χ2v) is 4.54. The van der Waals surface area contributed by atoms with E-state index in [1.807, 2.05) is 24.3 Å². The zero-order valence-electron chi connectivity index (χ0n) is 12.5. The molecule has 112 valence electrons. The summed E-state index contributed by atoms with van der Waals surface area (Å²) in [7, 11) is 0. The van der Waals surface area contributed by atoms with Crippen LogP contribution >= 0.6 is 0 Å². The minimum atomic E-state index is 0.496. The standard InChI is InChI=1S/C16H21N3O2/c1-3-10-17-16-18-11-9-15(19-16)21-14-8-6-5-7-13(14)20-12-4-2/h5-9,11H,3-4,10,12H2,1-2H3,(H,17,18,19). The van der Waals surface area contributed by atoms with Gasteiger partial charge in [0.05, 0.1) is 6.61 Å². The Morgan fingerprint density at radius 3 is 2.62 bits per heavy atom. The van der Waals surface area contributed by atoms with Crippen LogP contribution in [0.15, 0.2) is 36.5 Å². The molecule has 0 aliphatic rings. The lowest BCUT2D eigenvalue weighted by Crippen LogP contribution is -2.04. The average Bonchev–Trinajstić information content (AvgIpc) is 2.52. The Hall–Kier alpha value is -2.30. The fraction of sp³-hybridized carbons (Fsp3) is 0.375. The van der Waals surface area contributed by atoms with E-state index in [0.717, 1.165) is 25.1 Å². The third kappa shape index (κ3) is 4.63. The summed E-state index contributed by atoms with van der Waals surface area (Å²) >= 11 is 0. The van der Waals surface area contributed by atoms with Crippen molar-refractivity contribution in [2.45, 2.75) is 26.7 Å². The van der Waals surface area contributed by atoms with Crippen molar-refractivity contribution in [3.63, 3.8) is 0 Å². The van der Waals surface area contributed by atoms with Gasteiger partial charge in [-0.25, -0.2) is 4.98 Å². The zero-order chi connectivity index (χ0) is 14.9. The van der Waals surface area contributed by atoms with E-state index >= 15 is 0 Å². The largest absolute Gasteiger partial charge is 0.490 e. The lowest BCUT2D eigenvalue weighted by atomic mass is 10.3. The summed E-state index contributed by atoms with van der Waals surface area (Å²) in [6, 6.07) is 9.32. The molecule has 1 aromatic heterocycles. The first-order chi connectivity index (χ1) is 10.3. The number of hydrogen-bond donors (Lipinski definition) is 1. The van der Waals surface area contributed by atoms with Gasteiger partial charge >= 0.3 is 0 Å². The smallest absolute Gasteiger partial charge is 0.225 e. The van der Waals surface area contributed by atoms with Crippen LogP contribution in [0.5, 0.6) is 17.4 Å². The van der Waals surface area contributed by atoms with Crippen LogP contribution in [0.1, 0.15) is 26.7 Å². The summed E-state index contributed by atoms with van der Waals surface area (Å²) in [4.78, 5) is 8.48. The van der Waals surface area contributed by atoms with Crippen LogP contribution in [0.3, 0.4) is 0 Å². The number of rotatable bonds is 8. The van der Waals surface area contributed by atoms with Crippen molar-refractivity contribution in [3.8, 4) is 17.4 Å². The molecule has 5 nitrogen and oxygen atoms in total. The Labute approximate surface area is 125 Å². The predicted octanol–water partition coefficient (Wildman–Crippen LogP) is 3.88. The third-order valence-electron chi connectivity index (χ3n) is 2.69. The third-order valence-corrected chi connectivity index (χ3v) is 2.69. The molecule has 0 saturated carbocycles. The van der Waals surface area contributed by atoms with Gasteiger partial charge in [0.1, 0.15) is 0 Å². The average molecular weight is 287 g/mol. The van der Waals surface area contributed by atoms with Crippen LogP contribution in [0.25, 0.3) is 0 Å². The number of aromatic nitrogens is 2. The SMILES string of the molecule is CCCNc1nccc(Oc2ccccc2OCCC)n1. The zero-order valence-corrected chi connectivity index (χ0v) is 12.5. The second kappa shape index (κ2) is 8.09. The van der Waals surface area contributed by atoms with Crippen molar-refractivity contribution in [3.05, 3.63) is 36.5 Å². The molecule has 21 heavy (non-hydrogen) atoms. The summed E-state index contributed by atoms with van der Waals surface area (Å²) in [6.07, 6.45) is 3.64. The summed E-state index contributed by atoms with van der Waals surface area (Å²) in [5.74, 6) is 2.45. The van der Waals surface area contributed by atoms with E-state index in [0.29, 0.717) is 24.2 Å². The fourth-order valence-corrected chi connectivity index (χ4v) is 1.70. The Bertz CT molecular complexity index is 561. The number of anilines is 1. The first-order valence-corrected chi connectivity index (χ1v) is 7.30. The van der Waals surface area contributed by atoms with Crippen LogP contribution in [0, 0.1) is 0 Å².